The molecule has 0 aromatic heterocycles. The van der Waals surface area contributed by atoms with Gasteiger partial charge in [0.1, 0.15) is 6.04 Å². The lowest BCUT2D eigenvalue weighted by molar-refractivity contribution is -0.136. The Morgan fingerprint density at radius 1 is 0.686 bits per heavy atom. The molecule has 0 N–H and O–H groups in total. The fraction of sp³-hybridized carbons (Fsp3) is 0.370. The molecule has 0 unspecified atom stereocenters. The number of unbranched alkanes of at least 4 members (excludes halogenated alkanes) is 1. The zero-order chi connectivity index (χ0) is 24.5. The molecule has 2 aromatic rings. The Labute approximate surface area is 203 Å². The summed E-state index contributed by atoms with van der Waals surface area (Å²) in [7, 11) is 0. The molecule has 0 bridgehead atoms. The van der Waals surface area contributed by atoms with Crippen molar-refractivity contribution in [3.63, 3.8) is 0 Å². The van der Waals surface area contributed by atoms with Gasteiger partial charge in [0.25, 0.3) is 23.6 Å². The van der Waals surface area contributed by atoms with Crippen LogP contribution in [-0.4, -0.2) is 69.9 Å². The van der Waals surface area contributed by atoms with Crippen molar-refractivity contribution in [3.8, 4) is 0 Å². The first-order valence-electron chi connectivity index (χ1n) is 12.2. The van der Waals surface area contributed by atoms with Crippen molar-refractivity contribution in [3.05, 3.63) is 70.8 Å². The third-order valence-electron chi connectivity index (χ3n) is 7.08. The highest BCUT2D eigenvalue weighted by molar-refractivity contribution is 6.23. The van der Waals surface area contributed by atoms with Crippen molar-refractivity contribution in [1.82, 2.24) is 14.7 Å². The summed E-state index contributed by atoms with van der Waals surface area (Å²) in [6, 6.07) is 12.5. The first kappa shape index (κ1) is 23.0. The number of likely N-dealkylation sites (tertiary alicyclic amines) is 1. The molecule has 8 nitrogen and oxygen atoms in total. The van der Waals surface area contributed by atoms with Crippen LogP contribution in [0, 0.1) is 0 Å². The molecule has 2 aromatic carbocycles. The third kappa shape index (κ3) is 4.03. The van der Waals surface area contributed by atoms with Gasteiger partial charge < -0.3 is 4.90 Å². The molecule has 3 aliphatic rings. The van der Waals surface area contributed by atoms with Gasteiger partial charge in [-0.1, -0.05) is 24.3 Å². The molecule has 3 aliphatic heterocycles. The standard InChI is InChI=1S/C27H27N3O5/c31-23-18-10-2-3-11-19(18)24(32)29(23)17-9-6-14-22(27(35)28-15-7-1-8-16-28)30-25(33)20-12-4-5-13-21(20)26(30)34/h2-5,10-13,22H,1,6-9,14-17H2/t22-/m0/s1. The fourth-order valence-corrected chi connectivity index (χ4v) is 5.23. The van der Waals surface area contributed by atoms with Crippen LogP contribution in [0.15, 0.2) is 48.5 Å². The van der Waals surface area contributed by atoms with E-state index in [0.717, 1.165) is 24.2 Å². The maximum Gasteiger partial charge on any atom is 0.262 e. The van der Waals surface area contributed by atoms with Gasteiger partial charge in [0, 0.05) is 19.6 Å². The van der Waals surface area contributed by atoms with Crippen LogP contribution < -0.4 is 0 Å². The van der Waals surface area contributed by atoms with Crippen LogP contribution in [0.25, 0.3) is 0 Å². The summed E-state index contributed by atoms with van der Waals surface area (Å²) in [5.41, 5.74) is 1.45. The fourth-order valence-electron chi connectivity index (χ4n) is 5.23. The van der Waals surface area contributed by atoms with Gasteiger partial charge in [0.05, 0.1) is 22.3 Å². The van der Waals surface area contributed by atoms with Crippen LogP contribution in [-0.2, 0) is 4.79 Å². The zero-order valence-electron chi connectivity index (χ0n) is 19.4. The molecule has 5 amide bonds. The Kier molecular flexibility index (Phi) is 6.19. The van der Waals surface area contributed by atoms with Gasteiger partial charge in [-0.2, -0.15) is 0 Å². The Hall–Kier alpha value is -3.81. The highest BCUT2D eigenvalue weighted by Crippen LogP contribution is 2.28. The quantitative estimate of drug-likeness (QED) is 0.455. The Morgan fingerprint density at radius 3 is 1.69 bits per heavy atom. The molecule has 1 saturated heterocycles. The van der Waals surface area contributed by atoms with Gasteiger partial charge in [-0.05, 0) is 62.8 Å². The molecule has 0 aliphatic carbocycles. The van der Waals surface area contributed by atoms with E-state index >= 15 is 0 Å². The molecule has 180 valence electrons. The highest BCUT2D eigenvalue weighted by Gasteiger charge is 2.43. The molecule has 1 atom stereocenters. The molecule has 1 fully saturated rings. The van der Waals surface area contributed by atoms with Crippen molar-refractivity contribution >= 4 is 29.5 Å². The lowest BCUT2D eigenvalue weighted by atomic mass is 10.0. The molecule has 0 radical (unpaired) electrons. The highest BCUT2D eigenvalue weighted by atomic mass is 16.2. The van der Waals surface area contributed by atoms with Gasteiger partial charge in [-0.3, -0.25) is 33.8 Å². The maximum atomic E-state index is 13.5. The molecule has 0 spiro atoms. The van der Waals surface area contributed by atoms with Gasteiger partial charge in [-0.15, -0.1) is 0 Å². The van der Waals surface area contributed by atoms with Crippen LogP contribution in [0.5, 0.6) is 0 Å². The number of hydrogen-bond donors (Lipinski definition) is 0. The monoisotopic (exact) mass is 473 g/mol. The SMILES string of the molecule is O=C([C@H](CCCCN1C(=O)c2ccccc2C1=O)N1C(=O)c2ccccc2C1=O)N1CCCCC1. The summed E-state index contributed by atoms with van der Waals surface area (Å²) in [5.74, 6) is -1.72. The predicted molar refractivity (Wildman–Crippen MR) is 127 cm³/mol. The summed E-state index contributed by atoms with van der Waals surface area (Å²) in [4.78, 5) is 69.1. The van der Waals surface area contributed by atoms with Gasteiger partial charge >= 0.3 is 0 Å². The topological polar surface area (TPSA) is 95.1 Å². The van der Waals surface area contributed by atoms with Crippen molar-refractivity contribution < 1.29 is 24.0 Å². The minimum Gasteiger partial charge on any atom is -0.341 e. The molecule has 8 heteroatoms. The lowest BCUT2D eigenvalue weighted by Gasteiger charge is -2.33. The lowest BCUT2D eigenvalue weighted by Crippen LogP contribution is -2.52. The number of carbonyl (C=O) groups excluding carboxylic acids is 5. The molecule has 3 heterocycles. The van der Waals surface area contributed by atoms with E-state index in [0.29, 0.717) is 48.2 Å². The Balaban J connectivity index is 1.29. The van der Waals surface area contributed by atoms with E-state index in [-0.39, 0.29) is 30.7 Å². The number of imide groups is 2. The number of hydrogen-bond acceptors (Lipinski definition) is 5. The first-order chi connectivity index (χ1) is 17.0. The maximum absolute atomic E-state index is 13.5. The summed E-state index contributed by atoms with van der Waals surface area (Å²) < 4.78 is 0. The average Bonchev–Trinajstić information content (AvgIpc) is 3.29. The minimum absolute atomic E-state index is 0.208. The van der Waals surface area contributed by atoms with E-state index in [1.807, 2.05) is 0 Å². The van der Waals surface area contributed by atoms with Crippen molar-refractivity contribution in [2.75, 3.05) is 19.6 Å². The largest absolute Gasteiger partial charge is 0.341 e. The van der Waals surface area contributed by atoms with Crippen LogP contribution in [0.2, 0.25) is 0 Å². The minimum atomic E-state index is -0.900. The first-order valence-corrected chi connectivity index (χ1v) is 12.2. The van der Waals surface area contributed by atoms with Crippen molar-refractivity contribution in [1.29, 1.82) is 0 Å². The van der Waals surface area contributed by atoms with Crippen molar-refractivity contribution in [2.45, 2.75) is 44.6 Å². The van der Waals surface area contributed by atoms with Gasteiger partial charge in [-0.25, -0.2) is 0 Å². The second-order valence-electron chi connectivity index (χ2n) is 9.23. The smallest absolute Gasteiger partial charge is 0.262 e. The van der Waals surface area contributed by atoms with Crippen molar-refractivity contribution in [2.24, 2.45) is 0 Å². The number of piperidine rings is 1. The number of rotatable bonds is 7. The predicted octanol–water partition coefficient (Wildman–Crippen LogP) is 3.13. The van der Waals surface area contributed by atoms with E-state index in [1.54, 1.807) is 53.4 Å². The molecule has 5 rings (SSSR count). The van der Waals surface area contributed by atoms with E-state index < -0.39 is 17.9 Å². The second-order valence-corrected chi connectivity index (χ2v) is 9.23. The van der Waals surface area contributed by atoms with E-state index in [4.69, 9.17) is 0 Å². The molecule has 0 saturated carbocycles. The number of benzene rings is 2. The number of carbonyl (C=O) groups is 5. The normalized spacial score (nSPS) is 18.2. The summed E-state index contributed by atoms with van der Waals surface area (Å²) in [6.45, 7) is 1.46. The third-order valence-corrected chi connectivity index (χ3v) is 7.08. The number of amides is 5. The van der Waals surface area contributed by atoms with E-state index in [2.05, 4.69) is 0 Å². The van der Waals surface area contributed by atoms with Gasteiger partial charge in [0.15, 0.2) is 0 Å². The molecular weight excluding hydrogens is 446 g/mol. The van der Waals surface area contributed by atoms with Crippen LogP contribution in [0.1, 0.15) is 80.0 Å². The Morgan fingerprint density at radius 2 is 1.17 bits per heavy atom. The van der Waals surface area contributed by atoms with Gasteiger partial charge in [0.2, 0.25) is 5.91 Å². The summed E-state index contributed by atoms with van der Waals surface area (Å²) >= 11 is 0. The van der Waals surface area contributed by atoms with Crippen LogP contribution in [0.4, 0.5) is 0 Å². The Bertz CT molecular complexity index is 1150. The average molecular weight is 474 g/mol. The van der Waals surface area contributed by atoms with Crippen LogP contribution >= 0.6 is 0 Å². The van der Waals surface area contributed by atoms with Crippen LogP contribution in [0.3, 0.4) is 0 Å². The molecule has 35 heavy (non-hydrogen) atoms. The number of fused-ring (bicyclic) bond motifs is 2. The summed E-state index contributed by atoms with van der Waals surface area (Å²) in [5, 5.41) is 0. The second kappa shape index (κ2) is 9.44. The summed E-state index contributed by atoms with van der Waals surface area (Å²) in [6.07, 6.45) is 4.09. The van der Waals surface area contributed by atoms with E-state index in [1.165, 1.54) is 4.90 Å². The molecular formula is C27H27N3O5. The number of nitrogens with zero attached hydrogens (tertiary/aromatic N) is 3. The zero-order valence-corrected chi connectivity index (χ0v) is 19.4. The van der Waals surface area contributed by atoms with E-state index in [9.17, 15) is 24.0 Å².